The molecule has 1 unspecified atom stereocenters. The maximum atomic E-state index is 9.19. The van der Waals surface area contributed by atoms with E-state index in [0.717, 1.165) is 16.7 Å². The summed E-state index contributed by atoms with van der Waals surface area (Å²) < 4.78 is 0. The number of aliphatic hydroxyl groups is 1. The Kier molecular flexibility index (Phi) is 4.93. The van der Waals surface area contributed by atoms with Gasteiger partial charge in [-0.05, 0) is 34.4 Å². The Morgan fingerprint density at radius 1 is 1.15 bits per heavy atom. The highest BCUT2D eigenvalue weighted by molar-refractivity contribution is 6.30. The molecule has 2 N–H and O–H groups in total. The second-order valence-corrected chi connectivity index (χ2v) is 4.79. The highest BCUT2D eigenvalue weighted by Gasteiger charge is 2.17. The fraction of sp³-hybridized carbons (Fsp3) is 0.125. The molecule has 104 valence electrons. The monoisotopic (exact) mass is 290 g/mol. The van der Waals surface area contributed by atoms with Crippen molar-refractivity contribution in [1.82, 2.24) is 0 Å². The Morgan fingerprint density at radius 2 is 1.80 bits per heavy atom. The van der Waals surface area contributed by atoms with Gasteiger partial charge in [0.25, 0.3) is 0 Å². The molecule has 0 aliphatic carbocycles. The lowest BCUT2D eigenvalue weighted by atomic mass is 9.93. The normalized spacial score (nSPS) is 12.2. The third-order valence-corrected chi connectivity index (χ3v) is 3.36. The third-order valence-electron chi connectivity index (χ3n) is 3.11. The number of aliphatic hydroxyl groups excluding tert-OH is 1. The van der Waals surface area contributed by atoms with E-state index < -0.39 is 6.10 Å². The average Bonchev–Trinajstić information content (AvgIpc) is 2.49. The summed E-state index contributed by atoms with van der Waals surface area (Å²) in [5, 5.41) is 18.7. The van der Waals surface area contributed by atoms with Crippen LogP contribution in [0, 0.1) is 0 Å². The number of halogens is 1. The van der Waals surface area contributed by atoms with Gasteiger partial charge in [-0.3, -0.25) is 5.26 Å². The van der Waals surface area contributed by atoms with Gasteiger partial charge in [0.2, 0.25) is 0 Å². The minimum atomic E-state index is -0.844. The molecule has 2 rings (SSSR count). The van der Waals surface area contributed by atoms with E-state index in [-0.39, 0.29) is 6.61 Å². The van der Waals surface area contributed by atoms with E-state index in [2.05, 4.69) is 11.5 Å². The van der Waals surface area contributed by atoms with Crippen molar-refractivity contribution in [2.24, 2.45) is 0 Å². The van der Waals surface area contributed by atoms with Crippen LogP contribution in [0.5, 0.6) is 0 Å². The highest BCUT2D eigenvalue weighted by Crippen LogP contribution is 2.31. The lowest BCUT2D eigenvalue weighted by Crippen LogP contribution is -2.17. The molecule has 0 spiro atoms. The van der Waals surface area contributed by atoms with Crippen LogP contribution in [0.4, 0.5) is 0 Å². The SMILES string of the molecule is C=C(c1ccccc1-c1ccc(Cl)cc1)C(CO)OO. The standard InChI is InChI=1S/C16H15ClO3/c1-11(16(10-18)20-19)14-4-2-3-5-15(14)12-6-8-13(17)9-7-12/h2-9,16,18-19H,1,10H2. The number of benzene rings is 2. The Bertz CT molecular complexity index is 589. The predicted molar refractivity (Wildman–Crippen MR) is 80.5 cm³/mol. The third kappa shape index (κ3) is 3.08. The molecule has 0 fully saturated rings. The van der Waals surface area contributed by atoms with E-state index in [9.17, 15) is 5.11 Å². The van der Waals surface area contributed by atoms with Crippen molar-refractivity contribution >= 4 is 17.2 Å². The van der Waals surface area contributed by atoms with Gasteiger partial charge in [0, 0.05) is 5.02 Å². The van der Waals surface area contributed by atoms with Gasteiger partial charge < -0.3 is 5.11 Å². The maximum Gasteiger partial charge on any atom is 0.141 e. The lowest BCUT2D eigenvalue weighted by Gasteiger charge is -2.17. The van der Waals surface area contributed by atoms with Crippen molar-refractivity contribution in [2.75, 3.05) is 6.61 Å². The van der Waals surface area contributed by atoms with Crippen molar-refractivity contribution in [3.63, 3.8) is 0 Å². The molecule has 0 aromatic heterocycles. The van der Waals surface area contributed by atoms with Crippen LogP contribution in [0.15, 0.2) is 55.1 Å². The Morgan fingerprint density at radius 3 is 2.40 bits per heavy atom. The van der Waals surface area contributed by atoms with Crippen LogP contribution in [0.25, 0.3) is 16.7 Å². The molecule has 0 amide bonds. The molecule has 0 bridgehead atoms. The van der Waals surface area contributed by atoms with Gasteiger partial charge in [-0.15, -0.1) is 0 Å². The lowest BCUT2D eigenvalue weighted by molar-refractivity contribution is -0.268. The first-order valence-corrected chi connectivity index (χ1v) is 6.50. The first kappa shape index (κ1) is 14.8. The largest absolute Gasteiger partial charge is 0.393 e. The Labute approximate surface area is 122 Å². The van der Waals surface area contributed by atoms with Crippen molar-refractivity contribution in [2.45, 2.75) is 6.10 Å². The van der Waals surface area contributed by atoms with Crippen LogP contribution >= 0.6 is 11.6 Å². The van der Waals surface area contributed by atoms with Gasteiger partial charge in [0.1, 0.15) is 6.10 Å². The second-order valence-electron chi connectivity index (χ2n) is 4.35. The summed E-state index contributed by atoms with van der Waals surface area (Å²) in [6, 6.07) is 15.0. The topological polar surface area (TPSA) is 49.7 Å². The number of rotatable bonds is 5. The molecule has 0 radical (unpaired) electrons. The highest BCUT2D eigenvalue weighted by atomic mass is 35.5. The smallest absolute Gasteiger partial charge is 0.141 e. The van der Waals surface area contributed by atoms with Crippen molar-refractivity contribution in [1.29, 1.82) is 0 Å². The summed E-state index contributed by atoms with van der Waals surface area (Å²) in [5.41, 5.74) is 3.23. The zero-order chi connectivity index (χ0) is 14.5. The second kappa shape index (κ2) is 6.68. The summed E-state index contributed by atoms with van der Waals surface area (Å²) in [6.45, 7) is 3.56. The van der Waals surface area contributed by atoms with Crippen LogP contribution in [-0.2, 0) is 4.89 Å². The molecule has 2 aromatic carbocycles. The number of hydrogen-bond donors (Lipinski definition) is 2. The van der Waals surface area contributed by atoms with E-state index in [0.29, 0.717) is 10.6 Å². The van der Waals surface area contributed by atoms with Gasteiger partial charge in [-0.2, -0.15) is 0 Å². The molecule has 4 heteroatoms. The molecule has 20 heavy (non-hydrogen) atoms. The van der Waals surface area contributed by atoms with Gasteiger partial charge in [-0.1, -0.05) is 54.6 Å². The van der Waals surface area contributed by atoms with Crippen LogP contribution in [0.1, 0.15) is 5.56 Å². The van der Waals surface area contributed by atoms with E-state index in [1.165, 1.54) is 0 Å². The van der Waals surface area contributed by atoms with Gasteiger partial charge in [0.05, 0.1) is 6.61 Å². The van der Waals surface area contributed by atoms with Crippen LogP contribution in [0.2, 0.25) is 5.02 Å². The van der Waals surface area contributed by atoms with Crippen LogP contribution in [0.3, 0.4) is 0 Å². The first-order valence-electron chi connectivity index (χ1n) is 6.12. The maximum absolute atomic E-state index is 9.19. The molecule has 0 aliphatic rings. The van der Waals surface area contributed by atoms with E-state index >= 15 is 0 Å². The predicted octanol–water partition coefficient (Wildman–Crippen LogP) is 3.87. The van der Waals surface area contributed by atoms with Gasteiger partial charge in [-0.25, -0.2) is 4.89 Å². The van der Waals surface area contributed by atoms with Crippen molar-refractivity contribution < 1.29 is 15.3 Å². The summed E-state index contributed by atoms with van der Waals surface area (Å²) >= 11 is 5.89. The summed E-state index contributed by atoms with van der Waals surface area (Å²) in [6.07, 6.45) is -0.844. The van der Waals surface area contributed by atoms with E-state index in [4.69, 9.17) is 16.9 Å². The molecule has 0 saturated carbocycles. The molecular weight excluding hydrogens is 276 g/mol. The van der Waals surface area contributed by atoms with Crippen molar-refractivity contribution in [3.8, 4) is 11.1 Å². The van der Waals surface area contributed by atoms with Crippen molar-refractivity contribution in [3.05, 3.63) is 65.7 Å². The first-order chi connectivity index (χ1) is 9.67. The Balaban J connectivity index is 2.45. The summed E-state index contributed by atoms with van der Waals surface area (Å²) in [4.78, 5) is 4.26. The number of hydrogen-bond acceptors (Lipinski definition) is 3. The quantitative estimate of drug-likeness (QED) is 0.649. The van der Waals surface area contributed by atoms with E-state index in [1.54, 1.807) is 0 Å². The Hall–Kier alpha value is -1.65. The average molecular weight is 291 g/mol. The van der Waals surface area contributed by atoms with Crippen LogP contribution in [-0.4, -0.2) is 23.1 Å². The van der Waals surface area contributed by atoms with Crippen LogP contribution < -0.4 is 0 Å². The minimum Gasteiger partial charge on any atom is -0.393 e. The zero-order valence-electron chi connectivity index (χ0n) is 10.8. The van der Waals surface area contributed by atoms with Gasteiger partial charge >= 0.3 is 0 Å². The zero-order valence-corrected chi connectivity index (χ0v) is 11.5. The molecule has 3 nitrogen and oxygen atoms in total. The molecule has 1 atom stereocenters. The molecular formula is C16H15ClO3. The molecule has 0 heterocycles. The molecule has 2 aromatic rings. The molecule has 0 saturated heterocycles. The minimum absolute atomic E-state index is 0.343. The fourth-order valence-electron chi connectivity index (χ4n) is 2.02. The fourth-order valence-corrected chi connectivity index (χ4v) is 2.15. The van der Waals surface area contributed by atoms with E-state index in [1.807, 2.05) is 48.5 Å². The molecule has 0 aliphatic heterocycles. The summed E-state index contributed by atoms with van der Waals surface area (Å²) in [7, 11) is 0. The van der Waals surface area contributed by atoms with Gasteiger partial charge in [0.15, 0.2) is 0 Å². The summed E-state index contributed by atoms with van der Waals surface area (Å²) in [5.74, 6) is 0.